The summed E-state index contributed by atoms with van der Waals surface area (Å²) >= 11 is 0. The van der Waals surface area contributed by atoms with Crippen molar-refractivity contribution >= 4 is 0 Å². The number of aryl methyl sites for hydroxylation is 1. The van der Waals surface area contributed by atoms with Crippen LogP contribution in [0.3, 0.4) is 0 Å². The third-order valence-electron chi connectivity index (χ3n) is 5.49. The van der Waals surface area contributed by atoms with Crippen molar-refractivity contribution in [3.05, 3.63) is 63.3 Å². The first kappa shape index (κ1) is 20.5. The molecule has 0 bridgehead atoms. The second-order valence-corrected chi connectivity index (χ2v) is 7.19. The summed E-state index contributed by atoms with van der Waals surface area (Å²) in [5.74, 6) is -0.367. The molecule has 28 heavy (non-hydrogen) atoms. The van der Waals surface area contributed by atoms with Crippen LogP contribution in [0.2, 0.25) is 0 Å². The molecule has 0 radical (unpaired) electrons. The smallest absolute Gasteiger partial charge is 0.259 e. The number of β-amino-alcohol motifs (C(OH)–C–C–N with tert-alkyl or cyclic N) is 1. The van der Waals surface area contributed by atoms with E-state index in [0.717, 1.165) is 18.7 Å². The highest BCUT2D eigenvalue weighted by molar-refractivity contribution is 5.41. The maximum absolute atomic E-state index is 13.5. The van der Waals surface area contributed by atoms with Crippen LogP contribution in [0.15, 0.2) is 35.1 Å². The van der Waals surface area contributed by atoms with Crippen molar-refractivity contribution in [1.29, 1.82) is 0 Å². The molecule has 0 unspecified atom stereocenters. The van der Waals surface area contributed by atoms with Gasteiger partial charge in [0, 0.05) is 45.0 Å². The second-order valence-electron chi connectivity index (χ2n) is 7.19. The fourth-order valence-electron chi connectivity index (χ4n) is 4.01. The lowest BCUT2D eigenvalue weighted by Gasteiger charge is -2.39. The van der Waals surface area contributed by atoms with E-state index in [0.29, 0.717) is 37.4 Å². The van der Waals surface area contributed by atoms with Crippen LogP contribution in [0.5, 0.6) is 5.75 Å². The van der Waals surface area contributed by atoms with Crippen LogP contribution < -0.4 is 5.56 Å². The predicted octanol–water partition coefficient (Wildman–Crippen LogP) is 1.72. The molecule has 0 amide bonds. The van der Waals surface area contributed by atoms with E-state index >= 15 is 0 Å². The van der Waals surface area contributed by atoms with Crippen molar-refractivity contribution in [2.75, 3.05) is 39.3 Å². The highest BCUT2D eigenvalue weighted by Crippen LogP contribution is 2.33. The molecule has 1 aromatic carbocycles. The van der Waals surface area contributed by atoms with E-state index in [2.05, 4.69) is 9.80 Å². The second kappa shape index (κ2) is 8.86. The van der Waals surface area contributed by atoms with E-state index < -0.39 is 6.04 Å². The van der Waals surface area contributed by atoms with Gasteiger partial charge in [-0.2, -0.15) is 0 Å². The average molecular weight is 389 g/mol. The average Bonchev–Trinajstić information content (AvgIpc) is 2.67. The number of aromatic hydroxyl groups is 1. The van der Waals surface area contributed by atoms with Gasteiger partial charge in [0.25, 0.3) is 5.56 Å². The minimum atomic E-state index is -0.456. The number of piperazine rings is 1. The third kappa shape index (κ3) is 4.11. The van der Waals surface area contributed by atoms with E-state index in [1.165, 1.54) is 12.1 Å². The van der Waals surface area contributed by atoms with Crippen LogP contribution in [0.4, 0.5) is 4.39 Å². The summed E-state index contributed by atoms with van der Waals surface area (Å²) in [6.45, 7) is 7.82. The minimum absolute atomic E-state index is 0.0284. The van der Waals surface area contributed by atoms with Crippen molar-refractivity contribution < 1.29 is 14.6 Å². The summed E-state index contributed by atoms with van der Waals surface area (Å²) in [5.41, 5.74) is 1.59. The minimum Gasteiger partial charge on any atom is -0.507 e. The van der Waals surface area contributed by atoms with Gasteiger partial charge in [0.05, 0.1) is 18.2 Å². The Hall–Kier alpha value is -2.22. The molecule has 1 atom stereocenters. The number of rotatable bonds is 6. The summed E-state index contributed by atoms with van der Waals surface area (Å²) in [6, 6.07) is 7.29. The Kier molecular flexibility index (Phi) is 6.49. The zero-order valence-electron chi connectivity index (χ0n) is 16.4. The molecule has 0 spiro atoms. The van der Waals surface area contributed by atoms with Gasteiger partial charge in [-0.25, -0.2) is 4.39 Å². The molecule has 7 heteroatoms. The van der Waals surface area contributed by atoms with E-state index in [1.54, 1.807) is 29.7 Å². The standard InChI is InChI=1S/C21H28FN3O3/c1-3-25-15(2)14-18(27)19(21(25)28)20(16-4-6-17(22)7-5-16)24-10-8-23(9-11-24)12-13-26/h4-7,14,20,26-27H,3,8-13H2,1-2H3/t20-/m0/s1. The monoisotopic (exact) mass is 389 g/mol. The van der Waals surface area contributed by atoms with Crippen molar-refractivity contribution in [3.63, 3.8) is 0 Å². The Labute approximate surface area is 164 Å². The largest absolute Gasteiger partial charge is 0.507 e. The van der Waals surface area contributed by atoms with Crippen LogP contribution in [-0.4, -0.2) is 63.9 Å². The maximum atomic E-state index is 13.5. The van der Waals surface area contributed by atoms with Crippen LogP contribution in [0.1, 0.15) is 29.8 Å². The molecule has 6 nitrogen and oxygen atoms in total. The van der Waals surface area contributed by atoms with Crippen LogP contribution in [0.25, 0.3) is 0 Å². The molecule has 1 aliphatic rings. The van der Waals surface area contributed by atoms with Crippen LogP contribution in [0, 0.1) is 12.7 Å². The first-order valence-electron chi connectivity index (χ1n) is 9.72. The molecule has 2 N–H and O–H groups in total. The van der Waals surface area contributed by atoms with Gasteiger partial charge in [-0.05, 0) is 37.6 Å². The van der Waals surface area contributed by atoms with Crippen molar-refractivity contribution in [2.24, 2.45) is 0 Å². The number of nitrogens with zero attached hydrogens (tertiary/aromatic N) is 3. The van der Waals surface area contributed by atoms with Gasteiger partial charge in [0.1, 0.15) is 11.6 Å². The van der Waals surface area contributed by atoms with Gasteiger partial charge in [-0.3, -0.25) is 14.6 Å². The predicted molar refractivity (Wildman–Crippen MR) is 106 cm³/mol. The highest BCUT2D eigenvalue weighted by Gasteiger charge is 2.31. The van der Waals surface area contributed by atoms with E-state index in [1.807, 2.05) is 6.92 Å². The molecular weight excluding hydrogens is 361 g/mol. The number of benzene rings is 1. The highest BCUT2D eigenvalue weighted by atomic mass is 19.1. The van der Waals surface area contributed by atoms with Crippen LogP contribution in [-0.2, 0) is 6.54 Å². The number of hydrogen-bond acceptors (Lipinski definition) is 5. The summed E-state index contributed by atoms with van der Waals surface area (Å²) in [5, 5.41) is 19.9. The van der Waals surface area contributed by atoms with E-state index in [4.69, 9.17) is 5.11 Å². The van der Waals surface area contributed by atoms with E-state index in [9.17, 15) is 14.3 Å². The summed E-state index contributed by atoms with van der Waals surface area (Å²) in [4.78, 5) is 17.5. The van der Waals surface area contributed by atoms with Gasteiger partial charge in [0.15, 0.2) is 0 Å². The Balaban J connectivity index is 2.06. The number of aromatic nitrogens is 1. The molecule has 1 aliphatic heterocycles. The molecule has 0 saturated carbocycles. The van der Waals surface area contributed by atoms with Gasteiger partial charge >= 0.3 is 0 Å². The quantitative estimate of drug-likeness (QED) is 0.787. The maximum Gasteiger partial charge on any atom is 0.259 e. The van der Waals surface area contributed by atoms with Gasteiger partial charge in [0.2, 0.25) is 0 Å². The number of aliphatic hydroxyl groups is 1. The summed E-state index contributed by atoms with van der Waals surface area (Å²) in [6.07, 6.45) is 0. The SMILES string of the molecule is CCn1c(C)cc(O)c([C@H](c2ccc(F)cc2)N2CCN(CCO)CC2)c1=O. The van der Waals surface area contributed by atoms with Crippen LogP contribution >= 0.6 is 0 Å². The van der Waals surface area contributed by atoms with Crippen molar-refractivity contribution in [3.8, 4) is 5.75 Å². The summed E-state index contributed by atoms with van der Waals surface area (Å²) in [7, 11) is 0. The molecule has 2 heterocycles. The fraction of sp³-hybridized carbons (Fsp3) is 0.476. The first-order valence-corrected chi connectivity index (χ1v) is 9.72. The molecule has 0 aliphatic carbocycles. The Morgan fingerprint density at radius 3 is 2.36 bits per heavy atom. The molecule has 2 aromatic rings. The third-order valence-corrected chi connectivity index (χ3v) is 5.49. The number of halogens is 1. The number of aliphatic hydroxyl groups excluding tert-OH is 1. The van der Waals surface area contributed by atoms with E-state index in [-0.39, 0.29) is 23.7 Å². The van der Waals surface area contributed by atoms with Crippen molar-refractivity contribution in [1.82, 2.24) is 14.4 Å². The molecule has 3 rings (SSSR count). The molecule has 152 valence electrons. The molecule has 1 aromatic heterocycles. The van der Waals surface area contributed by atoms with Gasteiger partial charge < -0.3 is 14.8 Å². The first-order chi connectivity index (χ1) is 13.5. The molecule has 1 saturated heterocycles. The normalized spacial score (nSPS) is 17.0. The van der Waals surface area contributed by atoms with Gasteiger partial charge in [-0.1, -0.05) is 12.1 Å². The van der Waals surface area contributed by atoms with Crippen molar-refractivity contribution in [2.45, 2.75) is 26.4 Å². The Morgan fingerprint density at radius 1 is 1.14 bits per heavy atom. The summed E-state index contributed by atoms with van der Waals surface area (Å²) < 4.78 is 15.1. The lowest BCUT2D eigenvalue weighted by molar-refractivity contribution is 0.0932. The Bertz CT molecular complexity index is 858. The lowest BCUT2D eigenvalue weighted by Crippen LogP contribution is -2.49. The Morgan fingerprint density at radius 2 is 1.79 bits per heavy atom. The molecular formula is C21H28FN3O3. The fourth-order valence-corrected chi connectivity index (χ4v) is 4.01. The zero-order valence-corrected chi connectivity index (χ0v) is 16.4. The van der Waals surface area contributed by atoms with Gasteiger partial charge in [-0.15, -0.1) is 0 Å². The molecule has 1 fully saturated rings. The topological polar surface area (TPSA) is 68.9 Å². The lowest BCUT2D eigenvalue weighted by atomic mass is 9.96. The number of hydrogen-bond donors (Lipinski definition) is 2. The number of pyridine rings is 1. The zero-order chi connectivity index (χ0) is 20.3.